The molecule has 0 unspecified atom stereocenters. The van der Waals surface area contributed by atoms with Crippen LogP contribution in [-0.2, 0) is 6.42 Å². The Kier molecular flexibility index (Phi) is 1.72. The van der Waals surface area contributed by atoms with E-state index in [1.807, 2.05) is 18.2 Å². The molecule has 1 heteroatoms. The van der Waals surface area contributed by atoms with Gasteiger partial charge in [0.05, 0.1) is 0 Å². The van der Waals surface area contributed by atoms with Gasteiger partial charge in [-0.25, -0.2) is 0 Å². The molecule has 15 heavy (non-hydrogen) atoms. The van der Waals surface area contributed by atoms with E-state index in [0.717, 1.165) is 23.7 Å². The van der Waals surface area contributed by atoms with E-state index in [9.17, 15) is 4.79 Å². The zero-order valence-electron chi connectivity index (χ0n) is 8.23. The van der Waals surface area contributed by atoms with E-state index in [0.29, 0.717) is 0 Å². The van der Waals surface area contributed by atoms with Crippen LogP contribution in [0.4, 0.5) is 0 Å². The molecule has 0 fully saturated rings. The molecule has 0 radical (unpaired) electrons. The highest BCUT2D eigenvalue weighted by molar-refractivity contribution is 5.91. The van der Waals surface area contributed by atoms with E-state index in [-0.39, 0.29) is 0 Å². The molecule has 1 aliphatic carbocycles. The van der Waals surface area contributed by atoms with Gasteiger partial charge < -0.3 is 0 Å². The molecule has 0 aromatic heterocycles. The summed E-state index contributed by atoms with van der Waals surface area (Å²) in [7, 11) is 0. The van der Waals surface area contributed by atoms with Crippen LogP contribution < -0.4 is 0 Å². The lowest BCUT2D eigenvalue weighted by Gasteiger charge is -2.03. The summed E-state index contributed by atoms with van der Waals surface area (Å²) >= 11 is 0. The van der Waals surface area contributed by atoms with Crippen molar-refractivity contribution in [3.05, 3.63) is 53.1 Å². The average Bonchev–Trinajstić information content (AvgIpc) is 2.72. The predicted molar refractivity (Wildman–Crippen MR) is 62.1 cm³/mol. The van der Waals surface area contributed by atoms with Gasteiger partial charge in [-0.15, -0.1) is 0 Å². The maximum absolute atomic E-state index is 10.7. The first kappa shape index (κ1) is 8.42. The first-order valence-corrected chi connectivity index (χ1v) is 5.05. The number of allylic oxidation sites excluding steroid dienone is 1. The van der Waals surface area contributed by atoms with E-state index < -0.39 is 0 Å². The monoisotopic (exact) mass is 194 g/mol. The van der Waals surface area contributed by atoms with Gasteiger partial charge in [0.1, 0.15) is 6.29 Å². The molecule has 3 rings (SSSR count). The normalized spacial score (nSPS) is 13.1. The van der Waals surface area contributed by atoms with Gasteiger partial charge in [0.15, 0.2) is 0 Å². The summed E-state index contributed by atoms with van der Waals surface area (Å²) in [6, 6.07) is 10.2. The predicted octanol–water partition coefficient (Wildman–Crippen LogP) is 3.22. The largest absolute Gasteiger partial charge is 0.298 e. The van der Waals surface area contributed by atoms with Gasteiger partial charge in [0.25, 0.3) is 0 Å². The molecule has 72 valence electrons. The zero-order chi connectivity index (χ0) is 10.3. The van der Waals surface area contributed by atoms with Gasteiger partial charge in [-0.1, -0.05) is 30.4 Å². The highest BCUT2D eigenvalue weighted by atomic mass is 16.1. The molecule has 0 amide bonds. The summed E-state index contributed by atoms with van der Waals surface area (Å²) in [6.07, 6.45) is 6.23. The van der Waals surface area contributed by atoms with Crippen LogP contribution in [0.3, 0.4) is 0 Å². The molecule has 0 bridgehead atoms. The van der Waals surface area contributed by atoms with Crippen LogP contribution in [-0.4, -0.2) is 6.29 Å². The average molecular weight is 194 g/mol. The van der Waals surface area contributed by atoms with Crippen molar-refractivity contribution in [2.75, 3.05) is 0 Å². The van der Waals surface area contributed by atoms with Crippen molar-refractivity contribution in [2.24, 2.45) is 0 Å². The summed E-state index contributed by atoms with van der Waals surface area (Å²) in [6.45, 7) is 0. The van der Waals surface area contributed by atoms with Crippen LogP contribution in [0.15, 0.2) is 36.4 Å². The molecule has 0 spiro atoms. The minimum Gasteiger partial charge on any atom is -0.298 e. The number of hydrogen-bond acceptors (Lipinski definition) is 1. The van der Waals surface area contributed by atoms with Crippen molar-refractivity contribution in [3.8, 4) is 0 Å². The fourth-order valence-electron chi connectivity index (χ4n) is 2.10. The van der Waals surface area contributed by atoms with Crippen LogP contribution in [0.1, 0.15) is 21.5 Å². The van der Waals surface area contributed by atoms with Crippen molar-refractivity contribution in [1.29, 1.82) is 0 Å². The smallest absolute Gasteiger partial charge is 0.150 e. The molecule has 2 aromatic rings. The number of fused-ring (bicyclic) bond motifs is 2. The standard InChI is InChI=1S/C14H10O/c15-9-10-4-5-13-7-11-2-1-3-12(11)8-14(13)6-10/h1,3-9H,2H2. The quantitative estimate of drug-likeness (QED) is 0.637. The molecule has 1 nitrogen and oxygen atoms in total. The topological polar surface area (TPSA) is 17.1 Å². The van der Waals surface area contributed by atoms with E-state index in [4.69, 9.17) is 0 Å². The van der Waals surface area contributed by atoms with E-state index in [1.54, 1.807) is 0 Å². The lowest BCUT2D eigenvalue weighted by atomic mass is 10.0. The summed E-state index contributed by atoms with van der Waals surface area (Å²) < 4.78 is 0. The highest BCUT2D eigenvalue weighted by Gasteiger charge is 2.06. The third kappa shape index (κ3) is 1.28. The zero-order valence-corrected chi connectivity index (χ0v) is 8.23. The van der Waals surface area contributed by atoms with Crippen molar-refractivity contribution < 1.29 is 4.79 Å². The Morgan fingerprint density at radius 1 is 1.07 bits per heavy atom. The maximum Gasteiger partial charge on any atom is 0.150 e. The van der Waals surface area contributed by atoms with Gasteiger partial charge in [0.2, 0.25) is 0 Å². The van der Waals surface area contributed by atoms with Gasteiger partial charge >= 0.3 is 0 Å². The van der Waals surface area contributed by atoms with Crippen LogP contribution >= 0.6 is 0 Å². The van der Waals surface area contributed by atoms with Crippen molar-refractivity contribution >= 4 is 23.1 Å². The van der Waals surface area contributed by atoms with Crippen molar-refractivity contribution in [1.82, 2.24) is 0 Å². The van der Waals surface area contributed by atoms with E-state index in [2.05, 4.69) is 24.3 Å². The summed E-state index contributed by atoms with van der Waals surface area (Å²) in [4.78, 5) is 10.7. The Morgan fingerprint density at radius 2 is 2.00 bits per heavy atom. The molecule has 0 atom stereocenters. The number of carbonyl (C=O) groups is 1. The second kappa shape index (κ2) is 3.06. The number of rotatable bonds is 1. The Hall–Kier alpha value is -1.89. The third-order valence-electron chi connectivity index (χ3n) is 2.89. The first-order valence-electron chi connectivity index (χ1n) is 5.05. The molecule has 0 saturated heterocycles. The lowest BCUT2D eigenvalue weighted by molar-refractivity contribution is 0.112. The van der Waals surface area contributed by atoms with E-state index in [1.165, 1.54) is 16.5 Å². The Morgan fingerprint density at radius 3 is 2.87 bits per heavy atom. The molecule has 0 aliphatic heterocycles. The van der Waals surface area contributed by atoms with Gasteiger partial charge in [-0.2, -0.15) is 0 Å². The molecule has 2 aromatic carbocycles. The number of aldehydes is 1. The van der Waals surface area contributed by atoms with Gasteiger partial charge in [-0.05, 0) is 40.5 Å². The molecule has 0 N–H and O–H groups in total. The van der Waals surface area contributed by atoms with Crippen LogP contribution in [0.5, 0.6) is 0 Å². The lowest BCUT2D eigenvalue weighted by Crippen LogP contribution is -1.85. The van der Waals surface area contributed by atoms with Crippen molar-refractivity contribution in [3.63, 3.8) is 0 Å². The fraction of sp³-hybridized carbons (Fsp3) is 0.0714. The Balaban J connectivity index is 2.32. The van der Waals surface area contributed by atoms with Crippen molar-refractivity contribution in [2.45, 2.75) is 6.42 Å². The second-order valence-corrected chi connectivity index (χ2v) is 3.88. The van der Waals surface area contributed by atoms with Gasteiger partial charge in [-0.3, -0.25) is 4.79 Å². The Labute approximate surface area is 88.0 Å². The highest BCUT2D eigenvalue weighted by Crippen LogP contribution is 2.26. The van der Waals surface area contributed by atoms with Crippen LogP contribution in [0.2, 0.25) is 0 Å². The van der Waals surface area contributed by atoms with Crippen LogP contribution in [0, 0.1) is 0 Å². The second-order valence-electron chi connectivity index (χ2n) is 3.88. The minimum atomic E-state index is 0.740. The van der Waals surface area contributed by atoms with E-state index >= 15 is 0 Å². The Bertz CT molecular complexity index is 579. The van der Waals surface area contributed by atoms with Crippen LogP contribution in [0.25, 0.3) is 16.8 Å². The molecule has 1 aliphatic rings. The fourth-order valence-corrected chi connectivity index (χ4v) is 2.10. The minimum absolute atomic E-state index is 0.740. The van der Waals surface area contributed by atoms with Gasteiger partial charge in [0, 0.05) is 5.56 Å². The molecular formula is C14H10O. The number of benzene rings is 2. The SMILES string of the molecule is O=Cc1ccc2cc3c(cc2c1)C=CC3. The molecule has 0 saturated carbocycles. The molecule has 0 heterocycles. The summed E-state index contributed by atoms with van der Waals surface area (Å²) in [5.41, 5.74) is 3.40. The first-order chi connectivity index (χ1) is 7.36. The summed E-state index contributed by atoms with van der Waals surface area (Å²) in [5, 5.41) is 2.35. The third-order valence-corrected chi connectivity index (χ3v) is 2.89. The molecular weight excluding hydrogens is 184 g/mol. The number of carbonyl (C=O) groups excluding carboxylic acids is 1. The maximum atomic E-state index is 10.7. The summed E-state index contributed by atoms with van der Waals surface area (Å²) in [5.74, 6) is 0. The number of hydrogen-bond donors (Lipinski definition) is 0.